The quantitative estimate of drug-likeness (QED) is 0.0884. The van der Waals surface area contributed by atoms with Gasteiger partial charge in [-0.05, 0) is 54.7 Å². The lowest BCUT2D eigenvalue weighted by molar-refractivity contribution is -0.201. The van der Waals surface area contributed by atoms with Crippen LogP contribution in [0.25, 0.3) is 0 Å². The summed E-state index contributed by atoms with van der Waals surface area (Å²) in [5.41, 5.74) is 11.0. The van der Waals surface area contributed by atoms with E-state index >= 15 is 0 Å². The summed E-state index contributed by atoms with van der Waals surface area (Å²) >= 11 is 0. The van der Waals surface area contributed by atoms with Crippen molar-refractivity contribution < 1.29 is 50.3 Å². The van der Waals surface area contributed by atoms with Gasteiger partial charge in [-0.15, -0.1) is 0 Å². The Bertz CT molecular complexity index is 1420. The maximum atomic E-state index is 13.6. The van der Waals surface area contributed by atoms with Crippen LogP contribution in [0, 0.1) is 0 Å². The van der Waals surface area contributed by atoms with Gasteiger partial charge in [-0.3, -0.25) is 19.4 Å². The Kier molecular flexibility index (Phi) is 11.5. The Labute approximate surface area is 254 Å². The third-order valence-corrected chi connectivity index (χ3v) is 6.81. The summed E-state index contributed by atoms with van der Waals surface area (Å²) in [6, 6.07) is 8.96. The van der Waals surface area contributed by atoms with E-state index in [4.69, 9.17) is 11.5 Å². The number of fused-ring (bicyclic) bond motifs is 1. The van der Waals surface area contributed by atoms with Crippen LogP contribution in [0.1, 0.15) is 59.2 Å². The second-order valence-electron chi connectivity index (χ2n) is 10.2. The molecule has 0 fully saturated rings. The number of aliphatic imine (C=N–C) groups is 1. The fourth-order valence-electron chi connectivity index (χ4n) is 4.55. The molecule has 0 aromatic heterocycles. The number of hydrogen-bond acceptors (Lipinski definition) is 6. The van der Waals surface area contributed by atoms with E-state index in [1.165, 1.54) is 17.0 Å². The molecule has 0 bridgehead atoms. The van der Waals surface area contributed by atoms with Gasteiger partial charge in [0.2, 0.25) is 5.91 Å². The fourth-order valence-corrected chi connectivity index (χ4v) is 4.55. The van der Waals surface area contributed by atoms with Gasteiger partial charge >= 0.3 is 24.3 Å². The van der Waals surface area contributed by atoms with Crippen molar-refractivity contribution in [1.82, 2.24) is 4.90 Å². The number of nitrogens with zero attached hydrogens (tertiary/aromatic N) is 3. The van der Waals surface area contributed by atoms with Gasteiger partial charge in [0.25, 0.3) is 5.91 Å². The highest BCUT2D eigenvalue weighted by Gasteiger charge is 2.42. The molecule has 2 aromatic carbocycles. The number of ether oxygens (including phenoxy) is 1. The van der Waals surface area contributed by atoms with Crippen LogP contribution in [0.3, 0.4) is 0 Å². The topological polar surface area (TPSA) is 148 Å². The molecular formula is C29H31F6N5O5. The Hall–Kier alpha value is -4.63. The highest BCUT2D eigenvalue weighted by molar-refractivity contribution is 6.09. The number of esters is 2. The zero-order valence-electron chi connectivity index (χ0n) is 23.9. The summed E-state index contributed by atoms with van der Waals surface area (Å²) in [5.74, 6) is -5.61. The largest absolute Gasteiger partial charge is 0.491 e. The van der Waals surface area contributed by atoms with Crippen LogP contribution in [0.2, 0.25) is 0 Å². The summed E-state index contributed by atoms with van der Waals surface area (Å²) < 4.78 is 80.3. The Morgan fingerprint density at radius 1 is 0.889 bits per heavy atom. The third kappa shape index (κ3) is 10.2. The molecule has 0 unspecified atom stereocenters. The van der Waals surface area contributed by atoms with Crippen molar-refractivity contribution in [1.29, 1.82) is 0 Å². The van der Waals surface area contributed by atoms with Crippen LogP contribution in [0.15, 0.2) is 47.5 Å². The van der Waals surface area contributed by atoms with Crippen LogP contribution < -0.4 is 16.4 Å². The number of aryl methyl sites for hydroxylation is 1. The van der Waals surface area contributed by atoms with Crippen molar-refractivity contribution in [3.8, 4) is 0 Å². The summed E-state index contributed by atoms with van der Waals surface area (Å²) in [4.78, 5) is 55.9. The molecule has 1 heterocycles. The first kappa shape index (κ1) is 34.9. The van der Waals surface area contributed by atoms with Gasteiger partial charge in [-0.2, -0.15) is 26.3 Å². The molecule has 10 nitrogen and oxygen atoms in total. The van der Waals surface area contributed by atoms with Gasteiger partial charge in [0, 0.05) is 13.1 Å². The average molecular weight is 644 g/mol. The molecule has 0 atom stereocenters. The normalized spacial score (nSPS) is 13.7. The second kappa shape index (κ2) is 14.9. The van der Waals surface area contributed by atoms with E-state index in [-0.39, 0.29) is 23.8 Å². The number of carbonyl (C=O) groups excluding carboxylic acids is 4. The van der Waals surface area contributed by atoms with Gasteiger partial charge < -0.3 is 26.0 Å². The molecule has 4 N–H and O–H groups in total. The van der Waals surface area contributed by atoms with Crippen molar-refractivity contribution in [3.05, 3.63) is 64.7 Å². The van der Waals surface area contributed by atoms with Gasteiger partial charge in [0.05, 0.1) is 29.8 Å². The highest BCUT2D eigenvalue weighted by Crippen LogP contribution is 2.32. The zero-order valence-corrected chi connectivity index (χ0v) is 23.9. The Morgan fingerprint density at radius 3 is 2.16 bits per heavy atom. The van der Waals surface area contributed by atoms with E-state index in [2.05, 4.69) is 9.73 Å². The smallest absolute Gasteiger partial charge is 0.386 e. The van der Waals surface area contributed by atoms with E-state index in [0.717, 1.165) is 48.3 Å². The molecule has 244 valence electrons. The predicted octanol–water partition coefficient (Wildman–Crippen LogP) is 4.09. The van der Waals surface area contributed by atoms with Crippen LogP contribution in [-0.2, 0) is 38.3 Å². The SMILES string of the molecule is NC(N)=NCCCCCCc1ccc2c(c1)C(=O)N(CCC(=O)OC(=O)C(F)(F)F)CC(=O)N2Cc1ccc(C(F)(F)F)cc1. The lowest BCUT2D eigenvalue weighted by Crippen LogP contribution is -2.40. The summed E-state index contributed by atoms with van der Waals surface area (Å²) in [7, 11) is 0. The standard InChI is InChI=1S/C29H31F6N5O5/c30-28(31,32)20-9-6-19(7-10-20)16-40-22-11-8-18(5-3-1-2-4-13-38-27(36)37)15-21(22)25(43)39(17-23(40)41)14-12-24(42)45-26(44)29(33,34)35/h6-11,15H,1-5,12-14,16-17H2,(H4,36,37,38). The number of unbranched alkanes of at least 4 members (excludes halogenated alkanes) is 3. The molecule has 1 aliphatic heterocycles. The summed E-state index contributed by atoms with van der Waals surface area (Å²) in [6.07, 6.45) is -7.03. The Morgan fingerprint density at radius 2 is 1.53 bits per heavy atom. The van der Waals surface area contributed by atoms with Crippen molar-refractivity contribution in [2.45, 2.75) is 57.4 Å². The molecule has 0 radical (unpaired) electrons. The van der Waals surface area contributed by atoms with Crippen molar-refractivity contribution in [2.24, 2.45) is 16.5 Å². The molecule has 3 rings (SSSR count). The fraction of sp³-hybridized carbons (Fsp3) is 0.414. The molecule has 0 saturated heterocycles. The molecule has 2 amide bonds. The molecular weight excluding hydrogens is 612 g/mol. The Balaban J connectivity index is 1.82. The number of halogens is 6. The third-order valence-electron chi connectivity index (χ3n) is 6.81. The number of guanidine groups is 1. The van der Waals surface area contributed by atoms with Crippen molar-refractivity contribution >= 4 is 35.4 Å². The molecule has 0 spiro atoms. The molecule has 45 heavy (non-hydrogen) atoms. The molecule has 16 heteroatoms. The lowest BCUT2D eigenvalue weighted by Gasteiger charge is -2.23. The predicted molar refractivity (Wildman–Crippen MR) is 150 cm³/mol. The van der Waals surface area contributed by atoms with Crippen LogP contribution in [0.5, 0.6) is 0 Å². The second-order valence-corrected chi connectivity index (χ2v) is 10.2. The van der Waals surface area contributed by atoms with E-state index in [1.807, 2.05) is 0 Å². The van der Waals surface area contributed by atoms with Crippen molar-refractivity contribution in [3.63, 3.8) is 0 Å². The number of benzene rings is 2. The van der Waals surface area contributed by atoms with Crippen molar-refractivity contribution in [2.75, 3.05) is 24.5 Å². The lowest BCUT2D eigenvalue weighted by atomic mass is 10.0. The highest BCUT2D eigenvalue weighted by atomic mass is 19.4. The maximum Gasteiger partial charge on any atom is 0.491 e. The average Bonchev–Trinajstić information content (AvgIpc) is 3.04. The minimum atomic E-state index is -5.40. The first-order chi connectivity index (χ1) is 21.1. The molecule has 1 aliphatic rings. The summed E-state index contributed by atoms with van der Waals surface area (Å²) in [6.45, 7) is -0.837. The minimum absolute atomic E-state index is 0.0104. The summed E-state index contributed by atoms with van der Waals surface area (Å²) in [5, 5.41) is 0. The monoisotopic (exact) mass is 643 g/mol. The van der Waals surface area contributed by atoms with Crippen LogP contribution >= 0.6 is 0 Å². The van der Waals surface area contributed by atoms with E-state index in [9.17, 15) is 45.5 Å². The van der Waals surface area contributed by atoms with E-state index < -0.39 is 61.2 Å². The van der Waals surface area contributed by atoms with Gasteiger partial charge in [-0.25, -0.2) is 4.79 Å². The number of carbonyl (C=O) groups is 4. The zero-order chi connectivity index (χ0) is 33.4. The maximum absolute atomic E-state index is 13.6. The number of rotatable bonds is 12. The van der Waals surface area contributed by atoms with Crippen LogP contribution in [0.4, 0.5) is 32.0 Å². The molecule has 2 aromatic rings. The first-order valence-electron chi connectivity index (χ1n) is 13.8. The minimum Gasteiger partial charge on any atom is -0.386 e. The van der Waals surface area contributed by atoms with E-state index in [1.54, 1.807) is 18.2 Å². The molecule has 0 saturated carbocycles. The van der Waals surface area contributed by atoms with Gasteiger partial charge in [0.15, 0.2) is 5.96 Å². The molecule has 0 aliphatic carbocycles. The first-order valence-corrected chi connectivity index (χ1v) is 13.8. The van der Waals surface area contributed by atoms with Crippen LogP contribution in [-0.4, -0.2) is 60.4 Å². The number of amides is 2. The van der Waals surface area contributed by atoms with Gasteiger partial charge in [0.1, 0.15) is 6.54 Å². The number of nitrogens with two attached hydrogens (primary N) is 2. The number of alkyl halides is 6. The van der Waals surface area contributed by atoms with Gasteiger partial charge in [-0.1, -0.05) is 31.0 Å². The number of anilines is 1. The van der Waals surface area contributed by atoms with E-state index in [0.29, 0.717) is 18.5 Å². The number of hydrogen-bond donors (Lipinski definition) is 2.